The van der Waals surface area contributed by atoms with Crippen molar-refractivity contribution in [2.45, 2.75) is 43.9 Å². The smallest absolute Gasteiger partial charge is 0.420 e. The molecule has 9 heteroatoms. The number of nitrogens with one attached hydrogen (secondary N) is 1. The number of carbonyl (C=O) groups excluding carboxylic acids is 2. The number of hydrogen-bond donors (Lipinski definition) is 2. The molecule has 1 saturated carbocycles. The molecule has 3 amide bonds. The molecule has 1 aliphatic heterocycles. The summed E-state index contributed by atoms with van der Waals surface area (Å²) in [5.74, 6) is -3.01. The van der Waals surface area contributed by atoms with Crippen LogP contribution in [0.2, 0.25) is 0 Å². The molecule has 1 unspecified atom stereocenters. The van der Waals surface area contributed by atoms with Crippen molar-refractivity contribution in [2.75, 3.05) is 0 Å². The van der Waals surface area contributed by atoms with Crippen LogP contribution in [0.25, 0.3) is 0 Å². The Kier molecular flexibility index (Phi) is 3.18. The normalized spacial score (nSPS) is 28.5. The number of rotatable bonds is 4. The van der Waals surface area contributed by atoms with Crippen LogP contribution in [-0.2, 0) is 9.59 Å². The van der Waals surface area contributed by atoms with Crippen molar-refractivity contribution in [2.24, 2.45) is 5.92 Å². The van der Waals surface area contributed by atoms with Crippen LogP contribution in [0.15, 0.2) is 0 Å². The molecular formula is C11H13F3N2O4. The van der Waals surface area contributed by atoms with Crippen LogP contribution < -0.4 is 5.32 Å². The Hall–Kier alpha value is -1.80. The summed E-state index contributed by atoms with van der Waals surface area (Å²) >= 11 is 0. The van der Waals surface area contributed by atoms with E-state index in [2.05, 4.69) is 0 Å². The lowest BCUT2D eigenvalue weighted by Crippen LogP contribution is -2.57. The molecule has 2 rings (SSSR count). The van der Waals surface area contributed by atoms with Gasteiger partial charge in [-0.2, -0.15) is 13.2 Å². The molecule has 0 spiro atoms. The van der Waals surface area contributed by atoms with Gasteiger partial charge in [-0.05, 0) is 19.3 Å². The number of nitrogens with zero attached hydrogens (tertiary/aromatic N) is 1. The molecule has 2 fully saturated rings. The van der Waals surface area contributed by atoms with Gasteiger partial charge in [0.1, 0.15) is 6.04 Å². The first-order valence-electron chi connectivity index (χ1n) is 6.03. The van der Waals surface area contributed by atoms with E-state index < -0.39 is 35.7 Å². The van der Waals surface area contributed by atoms with Crippen LogP contribution in [0.4, 0.5) is 18.0 Å². The van der Waals surface area contributed by atoms with Crippen molar-refractivity contribution in [1.82, 2.24) is 10.2 Å². The van der Waals surface area contributed by atoms with Crippen LogP contribution in [0, 0.1) is 5.92 Å². The molecule has 20 heavy (non-hydrogen) atoms. The third-order valence-corrected chi connectivity index (χ3v) is 3.64. The summed E-state index contributed by atoms with van der Waals surface area (Å²) < 4.78 is 38.6. The number of alkyl halides is 3. The Morgan fingerprint density at radius 3 is 2.40 bits per heavy atom. The maximum Gasteiger partial charge on any atom is 0.420 e. The first-order chi connectivity index (χ1) is 9.08. The van der Waals surface area contributed by atoms with Crippen molar-refractivity contribution in [3.8, 4) is 0 Å². The highest BCUT2D eigenvalue weighted by atomic mass is 19.4. The zero-order valence-corrected chi connectivity index (χ0v) is 10.5. The minimum atomic E-state index is -4.99. The zero-order chi connectivity index (χ0) is 15.3. The molecule has 0 aromatic heterocycles. The molecule has 0 aromatic carbocycles. The molecule has 1 aliphatic carbocycles. The number of carboxylic acids is 1. The topological polar surface area (TPSA) is 86.7 Å². The highest BCUT2D eigenvalue weighted by molar-refractivity contribution is 6.09. The number of aliphatic carboxylic acids is 1. The van der Waals surface area contributed by atoms with Gasteiger partial charge in [-0.25, -0.2) is 14.5 Å². The average Bonchev–Trinajstić information content (AvgIpc) is 3.05. The van der Waals surface area contributed by atoms with Gasteiger partial charge >= 0.3 is 18.2 Å². The Morgan fingerprint density at radius 1 is 1.50 bits per heavy atom. The molecule has 2 atom stereocenters. The molecule has 1 heterocycles. The summed E-state index contributed by atoms with van der Waals surface area (Å²) in [6.45, 7) is 0.531. The number of amides is 3. The largest absolute Gasteiger partial charge is 0.480 e. The highest BCUT2D eigenvalue weighted by Crippen LogP contribution is 2.39. The molecule has 2 aliphatic rings. The van der Waals surface area contributed by atoms with Crippen LogP contribution in [-0.4, -0.2) is 45.7 Å². The predicted molar refractivity (Wildman–Crippen MR) is 58.6 cm³/mol. The Bertz CT molecular complexity index is 475. The number of carbonyl (C=O) groups is 3. The van der Waals surface area contributed by atoms with Crippen molar-refractivity contribution in [3.63, 3.8) is 0 Å². The van der Waals surface area contributed by atoms with Crippen LogP contribution in [0.5, 0.6) is 0 Å². The molecule has 0 aromatic rings. The van der Waals surface area contributed by atoms with Gasteiger partial charge in [0.15, 0.2) is 0 Å². The zero-order valence-electron chi connectivity index (χ0n) is 10.5. The molecule has 6 nitrogen and oxygen atoms in total. The standard InChI is InChI=1S/C11H13F3N2O4/c1-10(11(12,13)14)8(19)16(9(20)15-10)6(7(17)18)4-5-2-3-5/h5-6H,2-4H2,1H3,(H,15,20)(H,17,18)/t6-,10?/m0/s1. The van der Waals surface area contributed by atoms with E-state index in [9.17, 15) is 27.6 Å². The minimum Gasteiger partial charge on any atom is -0.480 e. The van der Waals surface area contributed by atoms with Crippen molar-refractivity contribution in [1.29, 1.82) is 0 Å². The maximum atomic E-state index is 12.9. The van der Waals surface area contributed by atoms with Crippen molar-refractivity contribution >= 4 is 17.9 Å². The molecule has 0 radical (unpaired) electrons. The fourth-order valence-electron chi connectivity index (χ4n) is 2.12. The fraction of sp³-hybridized carbons (Fsp3) is 0.727. The number of urea groups is 1. The van der Waals surface area contributed by atoms with Gasteiger partial charge in [-0.1, -0.05) is 12.8 Å². The van der Waals surface area contributed by atoms with Crippen molar-refractivity contribution in [3.05, 3.63) is 0 Å². The lowest BCUT2D eigenvalue weighted by molar-refractivity contribution is -0.192. The van der Waals surface area contributed by atoms with Gasteiger partial charge in [-0.3, -0.25) is 4.79 Å². The lowest BCUT2D eigenvalue weighted by Gasteiger charge is -2.26. The van der Waals surface area contributed by atoms with E-state index in [1.54, 1.807) is 5.32 Å². The monoisotopic (exact) mass is 294 g/mol. The Balaban J connectivity index is 2.29. The number of carboxylic acid groups (broad SMARTS) is 1. The number of halogens is 3. The second-order valence-corrected chi connectivity index (χ2v) is 5.26. The first kappa shape index (κ1) is 14.6. The molecular weight excluding hydrogens is 281 g/mol. The van der Waals surface area contributed by atoms with Crippen molar-refractivity contribution < 1.29 is 32.7 Å². The van der Waals surface area contributed by atoms with Gasteiger partial charge in [0, 0.05) is 0 Å². The summed E-state index contributed by atoms with van der Waals surface area (Å²) in [7, 11) is 0. The molecule has 2 N–H and O–H groups in total. The Morgan fingerprint density at radius 2 is 2.05 bits per heavy atom. The average molecular weight is 294 g/mol. The second-order valence-electron chi connectivity index (χ2n) is 5.26. The predicted octanol–water partition coefficient (Wildman–Crippen LogP) is 1.11. The molecule has 0 bridgehead atoms. The van der Waals surface area contributed by atoms with Gasteiger partial charge < -0.3 is 10.4 Å². The third kappa shape index (κ3) is 2.20. The summed E-state index contributed by atoms with van der Waals surface area (Å²) in [6, 6.07) is -2.87. The van der Waals surface area contributed by atoms with E-state index in [-0.39, 0.29) is 17.2 Å². The SMILES string of the molecule is CC1(C(F)(F)F)NC(=O)N([C@@H](CC2CC2)C(=O)O)C1=O. The van der Waals surface area contributed by atoms with E-state index in [1.165, 1.54) is 0 Å². The summed E-state index contributed by atoms with van der Waals surface area (Å²) in [5, 5.41) is 10.6. The van der Waals surface area contributed by atoms with Crippen LogP contribution >= 0.6 is 0 Å². The van der Waals surface area contributed by atoms with E-state index in [4.69, 9.17) is 5.11 Å². The third-order valence-electron chi connectivity index (χ3n) is 3.64. The summed E-state index contributed by atoms with van der Waals surface area (Å²) in [6.07, 6.45) is -3.49. The van der Waals surface area contributed by atoms with Gasteiger partial charge in [-0.15, -0.1) is 0 Å². The number of imide groups is 1. The summed E-state index contributed by atoms with van der Waals surface area (Å²) in [4.78, 5) is 34.9. The van der Waals surface area contributed by atoms with Gasteiger partial charge in [0.25, 0.3) is 5.91 Å². The van der Waals surface area contributed by atoms with E-state index in [1.807, 2.05) is 0 Å². The van der Waals surface area contributed by atoms with E-state index in [0.717, 1.165) is 12.8 Å². The van der Waals surface area contributed by atoms with Gasteiger partial charge in [0.05, 0.1) is 0 Å². The van der Waals surface area contributed by atoms with E-state index in [0.29, 0.717) is 6.92 Å². The second kappa shape index (κ2) is 4.35. The van der Waals surface area contributed by atoms with Crippen LogP contribution in [0.3, 0.4) is 0 Å². The number of hydrogen-bond acceptors (Lipinski definition) is 3. The highest BCUT2D eigenvalue weighted by Gasteiger charge is 2.65. The van der Waals surface area contributed by atoms with Gasteiger partial charge in [0.2, 0.25) is 5.54 Å². The Labute approximate surface area is 111 Å². The summed E-state index contributed by atoms with van der Waals surface area (Å²) in [5.41, 5.74) is -3.07. The lowest BCUT2D eigenvalue weighted by atomic mass is 10.0. The first-order valence-corrected chi connectivity index (χ1v) is 6.03. The van der Waals surface area contributed by atoms with E-state index >= 15 is 0 Å². The maximum absolute atomic E-state index is 12.9. The van der Waals surface area contributed by atoms with Crippen LogP contribution in [0.1, 0.15) is 26.2 Å². The fourth-order valence-corrected chi connectivity index (χ4v) is 2.12. The quantitative estimate of drug-likeness (QED) is 0.760. The molecule has 112 valence electrons. The molecule has 1 saturated heterocycles. The minimum absolute atomic E-state index is 0.0115.